The zero-order valence-electron chi connectivity index (χ0n) is 15.1. The predicted octanol–water partition coefficient (Wildman–Crippen LogP) is 6.39. The molecule has 0 aliphatic rings. The van der Waals surface area contributed by atoms with E-state index >= 15 is 0 Å². The van der Waals surface area contributed by atoms with Gasteiger partial charge in [0, 0.05) is 22.1 Å². The molecule has 0 aliphatic heterocycles. The van der Waals surface area contributed by atoms with Crippen LogP contribution in [0.3, 0.4) is 0 Å². The fourth-order valence-corrected chi connectivity index (χ4v) is 3.41. The fourth-order valence-electron chi connectivity index (χ4n) is 3.01. The number of carbonyl (C=O) groups excluding carboxylic acids is 1. The van der Waals surface area contributed by atoms with Gasteiger partial charge in [0.05, 0.1) is 5.56 Å². The van der Waals surface area contributed by atoms with Gasteiger partial charge in [-0.15, -0.1) is 0 Å². The summed E-state index contributed by atoms with van der Waals surface area (Å²) in [5, 5.41) is 0. The predicted molar refractivity (Wildman–Crippen MR) is 101 cm³/mol. The molecule has 0 saturated heterocycles. The first-order chi connectivity index (χ1) is 12.0. The molecular formula is C20H21BrF3NO. The van der Waals surface area contributed by atoms with Crippen molar-refractivity contribution in [2.45, 2.75) is 46.0 Å². The summed E-state index contributed by atoms with van der Waals surface area (Å²) in [6.45, 7) is 7.56. The summed E-state index contributed by atoms with van der Waals surface area (Å²) in [5.74, 6) is -0.279. The van der Waals surface area contributed by atoms with E-state index in [-0.39, 0.29) is 29.1 Å². The molecule has 0 bridgehead atoms. The Bertz CT molecular complexity index is 792. The van der Waals surface area contributed by atoms with E-state index in [1.54, 1.807) is 29.2 Å². The Morgan fingerprint density at radius 3 is 2.12 bits per heavy atom. The number of benzene rings is 2. The third-order valence-corrected chi connectivity index (χ3v) is 4.55. The van der Waals surface area contributed by atoms with E-state index in [2.05, 4.69) is 15.9 Å². The number of hydrogen-bond acceptors (Lipinski definition) is 1. The van der Waals surface area contributed by atoms with Crippen molar-refractivity contribution in [2.24, 2.45) is 0 Å². The molecule has 0 fully saturated rings. The molecule has 0 atom stereocenters. The summed E-state index contributed by atoms with van der Waals surface area (Å²) in [7, 11) is 0. The van der Waals surface area contributed by atoms with Crippen LogP contribution in [0.1, 0.15) is 43.6 Å². The van der Waals surface area contributed by atoms with Crippen molar-refractivity contribution < 1.29 is 18.0 Å². The maximum absolute atomic E-state index is 13.2. The summed E-state index contributed by atoms with van der Waals surface area (Å²) in [5.41, 5.74) is 0.321. The molecule has 2 nitrogen and oxygen atoms in total. The van der Waals surface area contributed by atoms with Crippen LogP contribution in [0.2, 0.25) is 0 Å². The van der Waals surface area contributed by atoms with Crippen LogP contribution in [-0.2, 0) is 6.18 Å². The van der Waals surface area contributed by atoms with E-state index in [9.17, 15) is 18.0 Å². The molecule has 0 aromatic heterocycles. The number of halogens is 4. The topological polar surface area (TPSA) is 20.3 Å². The first kappa shape index (κ1) is 20.5. The van der Waals surface area contributed by atoms with Crippen LogP contribution in [0.15, 0.2) is 46.9 Å². The summed E-state index contributed by atoms with van der Waals surface area (Å²) in [6, 6.07) is 10.1. The second-order valence-corrected chi connectivity index (χ2v) is 7.58. The molecule has 1 amide bonds. The van der Waals surface area contributed by atoms with Crippen molar-refractivity contribution in [1.82, 2.24) is 4.90 Å². The number of amides is 1. The van der Waals surface area contributed by atoms with E-state index in [4.69, 9.17) is 0 Å². The molecular weight excluding hydrogens is 407 g/mol. The van der Waals surface area contributed by atoms with Crippen LogP contribution in [0, 0.1) is 0 Å². The van der Waals surface area contributed by atoms with Crippen LogP contribution in [0.4, 0.5) is 13.2 Å². The Kier molecular flexibility index (Phi) is 6.17. The highest BCUT2D eigenvalue weighted by molar-refractivity contribution is 9.10. The zero-order valence-corrected chi connectivity index (χ0v) is 16.6. The van der Waals surface area contributed by atoms with E-state index in [1.165, 1.54) is 6.07 Å². The molecule has 6 heteroatoms. The van der Waals surface area contributed by atoms with E-state index in [0.29, 0.717) is 5.56 Å². The molecule has 0 radical (unpaired) electrons. The third kappa shape index (κ3) is 4.47. The molecule has 2 aromatic carbocycles. The van der Waals surface area contributed by atoms with Gasteiger partial charge in [0.25, 0.3) is 5.91 Å². The highest BCUT2D eigenvalue weighted by Crippen LogP contribution is 2.35. The molecule has 0 unspecified atom stereocenters. The fraction of sp³-hybridized carbons (Fsp3) is 0.350. The SMILES string of the molecule is CC(C)N(C(=O)c1ccc(C(F)(F)F)cc1-c1cccc(Br)c1)C(C)C. The van der Waals surface area contributed by atoms with Crippen LogP contribution in [0.5, 0.6) is 0 Å². The number of carbonyl (C=O) groups is 1. The highest BCUT2D eigenvalue weighted by atomic mass is 79.9. The lowest BCUT2D eigenvalue weighted by atomic mass is 9.95. The number of nitrogens with zero attached hydrogens (tertiary/aromatic N) is 1. The molecule has 2 rings (SSSR count). The Labute approximate surface area is 160 Å². The molecule has 26 heavy (non-hydrogen) atoms. The van der Waals surface area contributed by atoms with Gasteiger partial charge in [-0.2, -0.15) is 13.2 Å². The maximum Gasteiger partial charge on any atom is 0.416 e. The second kappa shape index (κ2) is 7.82. The van der Waals surface area contributed by atoms with Crippen molar-refractivity contribution in [2.75, 3.05) is 0 Å². The lowest BCUT2D eigenvalue weighted by Crippen LogP contribution is -2.42. The van der Waals surface area contributed by atoms with Crippen molar-refractivity contribution >= 4 is 21.8 Å². The largest absolute Gasteiger partial charge is 0.416 e. The third-order valence-electron chi connectivity index (χ3n) is 4.06. The van der Waals surface area contributed by atoms with Gasteiger partial charge < -0.3 is 4.90 Å². The Balaban J connectivity index is 2.67. The van der Waals surface area contributed by atoms with Crippen molar-refractivity contribution in [1.29, 1.82) is 0 Å². The number of alkyl halides is 3. The highest BCUT2D eigenvalue weighted by Gasteiger charge is 2.32. The van der Waals surface area contributed by atoms with Gasteiger partial charge in [-0.3, -0.25) is 4.79 Å². The Morgan fingerprint density at radius 2 is 1.62 bits per heavy atom. The first-order valence-corrected chi connectivity index (χ1v) is 9.11. The summed E-state index contributed by atoms with van der Waals surface area (Å²) in [6.07, 6.45) is -4.47. The monoisotopic (exact) mass is 427 g/mol. The second-order valence-electron chi connectivity index (χ2n) is 6.67. The standard InChI is InChI=1S/C20H21BrF3NO/c1-12(2)25(13(3)4)19(26)17-9-8-15(20(22,23)24)11-18(17)14-6-5-7-16(21)10-14/h5-13H,1-4H3. The van der Waals surface area contributed by atoms with Gasteiger partial charge in [0.2, 0.25) is 0 Å². The van der Waals surface area contributed by atoms with Crippen LogP contribution in [-0.4, -0.2) is 22.9 Å². The molecule has 0 aliphatic carbocycles. The van der Waals surface area contributed by atoms with Gasteiger partial charge in [-0.05, 0) is 69.2 Å². The maximum atomic E-state index is 13.2. The van der Waals surface area contributed by atoms with Gasteiger partial charge in [-0.1, -0.05) is 28.1 Å². The molecule has 140 valence electrons. The molecule has 2 aromatic rings. The average Bonchev–Trinajstić information content (AvgIpc) is 2.52. The lowest BCUT2D eigenvalue weighted by molar-refractivity contribution is -0.137. The normalized spacial score (nSPS) is 11.9. The van der Waals surface area contributed by atoms with Crippen molar-refractivity contribution in [3.63, 3.8) is 0 Å². The van der Waals surface area contributed by atoms with Gasteiger partial charge >= 0.3 is 6.18 Å². The summed E-state index contributed by atoms with van der Waals surface area (Å²) in [4.78, 5) is 14.8. The quantitative estimate of drug-likeness (QED) is 0.552. The van der Waals surface area contributed by atoms with E-state index in [0.717, 1.165) is 16.6 Å². The van der Waals surface area contributed by atoms with Crippen molar-refractivity contribution in [3.05, 3.63) is 58.1 Å². The van der Waals surface area contributed by atoms with Crippen LogP contribution >= 0.6 is 15.9 Å². The summed E-state index contributed by atoms with van der Waals surface area (Å²) < 4.78 is 40.4. The zero-order chi connectivity index (χ0) is 19.6. The minimum Gasteiger partial charge on any atom is -0.334 e. The molecule has 0 heterocycles. The minimum atomic E-state index is -4.47. The smallest absolute Gasteiger partial charge is 0.334 e. The lowest BCUT2D eigenvalue weighted by Gasteiger charge is -2.31. The molecule has 0 saturated carbocycles. The van der Waals surface area contributed by atoms with Crippen LogP contribution in [0.25, 0.3) is 11.1 Å². The van der Waals surface area contributed by atoms with E-state index in [1.807, 2.05) is 27.7 Å². The average molecular weight is 428 g/mol. The number of rotatable bonds is 4. The minimum absolute atomic E-state index is 0.0693. The van der Waals surface area contributed by atoms with E-state index < -0.39 is 11.7 Å². The Hall–Kier alpha value is -1.82. The summed E-state index contributed by atoms with van der Waals surface area (Å²) >= 11 is 3.34. The van der Waals surface area contributed by atoms with Gasteiger partial charge in [0.15, 0.2) is 0 Å². The Morgan fingerprint density at radius 1 is 1.00 bits per heavy atom. The van der Waals surface area contributed by atoms with Crippen LogP contribution < -0.4 is 0 Å². The van der Waals surface area contributed by atoms with Gasteiger partial charge in [0.1, 0.15) is 0 Å². The first-order valence-electron chi connectivity index (χ1n) is 8.32. The molecule has 0 spiro atoms. The molecule has 0 N–H and O–H groups in total. The van der Waals surface area contributed by atoms with Gasteiger partial charge in [-0.25, -0.2) is 0 Å². The van der Waals surface area contributed by atoms with Crippen molar-refractivity contribution in [3.8, 4) is 11.1 Å². The number of hydrogen-bond donors (Lipinski definition) is 0.